The predicted molar refractivity (Wildman–Crippen MR) is 83.3 cm³/mol. The number of anilines is 1. The number of esters is 1. The van der Waals surface area contributed by atoms with E-state index in [4.69, 9.17) is 9.47 Å². The van der Waals surface area contributed by atoms with Crippen LogP contribution in [0.25, 0.3) is 0 Å². The Morgan fingerprint density at radius 1 is 1.27 bits per heavy atom. The average molecular weight is 298 g/mol. The number of aromatic nitrogens is 1. The summed E-state index contributed by atoms with van der Waals surface area (Å²) in [6.07, 6.45) is 4.53. The monoisotopic (exact) mass is 298 g/mol. The molecule has 5 heteroatoms. The van der Waals surface area contributed by atoms with Crippen LogP contribution in [0.4, 0.5) is 5.69 Å². The van der Waals surface area contributed by atoms with Crippen molar-refractivity contribution in [3.63, 3.8) is 0 Å². The number of rotatable bonds is 3. The quantitative estimate of drug-likeness (QED) is 0.815. The van der Waals surface area contributed by atoms with Gasteiger partial charge in [0.25, 0.3) is 0 Å². The van der Waals surface area contributed by atoms with Crippen LogP contribution in [0.5, 0.6) is 5.75 Å². The fourth-order valence-corrected chi connectivity index (χ4v) is 2.79. The number of hydrogen-bond donors (Lipinski definition) is 0. The molecule has 0 N–H and O–H groups in total. The molecule has 0 saturated carbocycles. The molecule has 22 heavy (non-hydrogen) atoms. The van der Waals surface area contributed by atoms with E-state index >= 15 is 0 Å². The third-order valence-electron chi connectivity index (χ3n) is 3.95. The summed E-state index contributed by atoms with van der Waals surface area (Å²) in [5, 5.41) is 0. The van der Waals surface area contributed by atoms with E-state index in [1.54, 1.807) is 13.3 Å². The zero-order valence-electron chi connectivity index (χ0n) is 12.7. The van der Waals surface area contributed by atoms with Gasteiger partial charge < -0.3 is 14.4 Å². The Bertz CT molecular complexity index is 686. The molecule has 0 bridgehead atoms. The molecule has 2 heterocycles. The lowest BCUT2D eigenvalue weighted by molar-refractivity contribution is 0.0597. The average Bonchev–Trinajstić information content (AvgIpc) is 2.60. The zero-order chi connectivity index (χ0) is 15.5. The first kappa shape index (κ1) is 14.4. The highest BCUT2D eigenvalue weighted by molar-refractivity contribution is 5.93. The minimum atomic E-state index is -0.377. The zero-order valence-corrected chi connectivity index (χ0v) is 12.7. The normalized spacial score (nSPS) is 13.5. The molecule has 3 rings (SSSR count). The molecule has 5 nitrogen and oxygen atoms in total. The fraction of sp³-hybridized carbons (Fsp3) is 0.294. The number of carbonyl (C=O) groups is 1. The van der Waals surface area contributed by atoms with Gasteiger partial charge in [0.1, 0.15) is 11.3 Å². The molecular weight excluding hydrogens is 280 g/mol. The van der Waals surface area contributed by atoms with Gasteiger partial charge in [-0.05, 0) is 41.8 Å². The third kappa shape index (κ3) is 2.62. The van der Waals surface area contributed by atoms with E-state index in [0.29, 0.717) is 11.3 Å². The molecule has 1 aromatic heterocycles. The van der Waals surface area contributed by atoms with Gasteiger partial charge >= 0.3 is 5.97 Å². The molecule has 0 unspecified atom stereocenters. The highest BCUT2D eigenvalue weighted by Crippen LogP contribution is 2.30. The lowest BCUT2D eigenvalue weighted by Crippen LogP contribution is -2.30. The molecule has 0 radical (unpaired) electrons. The van der Waals surface area contributed by atoms with Crippen LogP contribution in [0.2, 0.25) is 0 Å². The highest BCUT2D eigenvalue weighted by atomic mass is 16.5. The van der Waals surface area contributed by atoms with Crippen LogP contribution in [0.15, 0.2) is 36.7 Å². The molecular formula is C17H18N2O3. The summed E-state index contributed by atoms with van der Waals surface area (Å²) in [5.41, 5.74) is 3.89. The van der Waals surface area contributed by atoms with Gasteiger partial charge in [0, 0.05) is 19.3 Å². The van der Waals surface area contributed by atoms with E-state index in [1.165, 1.54) is 12.7 Å². The molecule has 1 aliphatic heterocycles. The van der Waals surface area contributed by atoms with Gasteiger partial charge in [-0.15, -0.1) is 0 Å². The number of hydrogen-bond acceptors (Lipinski definition) is 5. The third-order valence-corrected chi connectivity index (χ3v) is 3.95. The molecule has 2 aromatic rings. The number of ether oxygens (including phenoxy) is 2. The largest absolute Gasteiger partial charge is 0.496 e. The van der Waals surface area contributed by atoms with Crippen molar-refractivity contribution in [1.82, 2.24) is 4.98 Å². The van der Waals surface area contributed by atoms with E-state index in [9.17, 15) is 4.79 Å². The Labute approximate surface area is 129 Å². The van der Waals surface area contributed by atoms with Crippen molar-refractivity contribution in [3.05, 3.63) is 53.3 Å². The molecule has 0 saturated heterocycles. The Hall–Kier alpha value is -2.56. The molecule has 0 fully saturated rings. The number of fused-ring (bicyclic) bond motifs is 1. The van der Waals surface area contributed by atoms with Crippen LogP contribution < -0.4 is 9.64 Å². The second kappa shape index (κ2) is 6.05. The summed E-state index contributed by atoms with van der Waals surface area (Å²) in [6.45, 7) is 1.66. The number of benzene rings is 1. The molecule has 1 aliphatic rings. The van der Waals surface area contributed by atoms with E-state index in [2.05, 4.69) is 9.88 Å². The molecule has 114 valence electrons. The highest BCUT2D eigenvalue weighted by Gasteiger charge is 2.22. The molecule has 1 aromatic carbocycles. The second-order valence-corrected chi connectivity index (χ2v) is 5.20. The van der Waals surface area contributed by atoms with Gasteiger partial charge in [-0.3, -0.25) is 4.98 Å². The lowest BCUT2D eigenvalue weighted by Gasteiger charge is -2.31. The summed E-state index contributed by atoms with van der Waals surface area (Å²) in [7, 11) is 2.95. The first-order valence-corrected chi connectivity index (χ1v) is 7.16. The van der Waals surface area contributed by atoms with Crippen molar-refractivity contribution in [2.45, 2.75) is 13.0 Å². The van der Waals surface area contributed by atoms with Crippen LogP contribution in [0.3, 0.4) is 0 Å². The molecule has 0 atom stereocenters. The molecule has 0 spiro atoms. The number of nitrogens with zero attached hydrogens (tertiary/aromatic N) is 2. The van der Waals surface area contributed by atoms with Gasteiger partial charge in [0.15, 0.2) is 0 Å². The summed E-state index contributed by atoms with van der Waals surface area (Å²) in [6, 6.07) is 7.80. The van der Waals surface area contributed by atoms with Crippen LogP contribution in [0, 0.1) is 0 Å². The van der Waals surface area contributed by atoms with Crippen molar-refractivity contribution >= 4 is 11.7 Å². The first-order valence-electron chi connectivity index (χ1n) is 7.16. The van der Waals surface area contributed by atoms with Gasteiger partial charge in [-0.1, -0.05) is 0 Å². The smallest absolute Gasteiger partial charge is 0.341 e. The Kier molecular flexibility index (Phi) is 3.96. The number of pyridine rings is 1. The van der Waals surface area contributed by atoms with Crippen molar-refractivity contribution in [2.24, 2.45) is 0 Å². The van der Waals surface area contributed by atoms with Gasteiger partial charge in [0.2, 0.25) is 0 Å². The SMILES string of the molecule is COC(=O)c1cc2c(cc1OC)CCN(c1cccnc1)C2. The maximum atomic E-state index is 11.9. The minimum absolute atomic E-state index is 0.377. The van der Waals surface area contributed by atoms with Crippen LogP contribution in [0.1, 0.15) is 21.5 Å². The van der Waals surface area contributed by atoms with Gasteiger partial charge in [-0.25, -0.2) is 4.79 Å². The van der Waals surface area contributed by atoms with Crippen molar-refractivity contribution in [2.75, 3.05) is 25.7 Å². The number of methoxy groups -OCH3 is 2. The van der Waals surface area contributed by atoms with Crippen LogP contribution in [-0.2, 0) is 17.7 Å². The summed E-state index contributed by atoms with van der Waals surface area (Å²) in [5.74, 6) is 0.193. The van der Waals surface area contributed by atoms with Gasteiger partial charge in [0.05, 0.1) is 26.1 Å². The number of carbonyl (C=O) groups excluding carboxylic acids is 1. The first-order chi connectivity index (χ1) is 10.7. The van der Waals surface area contributed by atoms with E-state index in [0.717, 1.165) is 30.8 Å². The molecule has 0 aliphatic carbocycles. The maximum absolute atomic E-state index is 11.9. The van der Waals surface area contributed by atoms with E-state index in [-0.39, 0.29) is 5.97 Å². The lowest BCUT2D eigenvalue weighted by atomic mass is 9.96. The molecule has 0 amide bonds. The fourth-order valence-electron chi connectivity index (χ4n) is 2.79. The van der Waals surface area contributed by atoms with E-state index < -0.39 is 0 Å². The van der Waals surface area contributed by atoms with Crippen LogP contribution >= 0.6 is 0 Å². The summed E-state index contributed by atoms with van der Waals surface area (Å²) >= 11 is 0. The Morgan fingerprint density at radius 2 is 2.14 bits per heavy atom. The van der Waals surface area contributed by atoms with Crippen molar-refractivity contribution < 1.29 is 14.3 Å². The Balaban J connectivity index is 1.95. The maximum Gasteiger partial charge on any atom is 0.341 e. The standard InChI is InChI=1S/C17H18N2O3/c1-21-16-9-12-5-7-19(14-4-3-6-18-10-14)11-13(12)8-15(16)17(20)22-2/h3-4,6,8-10H,5,7,11H2,1-2H3. The Morgan fingerprint density at radius 3 is 2.82 bits per heavy atom. The summed E-state index contributed by atoms with van der Waals surface area (Å²) in [4.78, 5) is 18.3. The summed E-state index contributed by atoms with van der Waals surface area (Å²) < 4.78 is 10.2. The minimum Gasteiger partial charge on any atom is -0.496 e. The van der Waals surface area contributed by atoms with Gasteiger partial charge in [-0.2, -0.15) is 0 Å². The van der Waals surface area contributed by atoms with Crippen molar-refractivity contribution in [1.29, 1.82) is 0 Å². The van der Waals surface area contributed by atoms with Crippen molar-refractivity contribution in [3.8, 4) is 5.75 Å². The van der Waals surface area contributed by atoms with Crippen LogP contribution in [-0.4, -0.2) is 31.7 Å². The topological polar surface area (TPSA) is 51.7 Å². The second-order valence-electron chi connectivity index (χ2n) is 5.20. The predicted octanol–water partition coefficient (Wildman–Crippen LogP) is 2.44. The van der Waals surface area contributed by atoms with E-state index in [1.807, 2.05) is 30.5 Å².